The molecule has 2 rings (SSSR count). The van der Waals surface area contributed by atoms with Gasteiger partial charge in [0.15, 0.2) is 11.6 Å². The Balaban J connectivity index is 2.05. The molecule has 0 aliphatic carbocycles. The summed E-state index contributed by atoms with van der Waals surface area (Å²) in [6.45, 7) is 2.48. The first kappa shape index (κ1) is 13.0. The molecule has 2 unspecified atom stereocenters. The third kappa shape index (κ3) is 2.67. The highest BCUT2D eigenvalue weighted by Gasteiger charge is 2.25. The average molecular weight is 255 g/mol. The first-order valence-corrected chi connectivity index (χ1v) is 5.96. The SMILES string of the molecule is CC(NC(=O)c1cccc(F)c1F)C1CCCO1. The normalized spacial score (nSPS) is 20.7. The van der Waals surface area contributed by atoms with E-state index in [-0.39, 0.29) is 17.7 Å². The van der Waals surface area contributed by atoms with E-state index in [0.29, 0.717) is 6.61 Å². The monoisotopic (exact) mass is 255 g/mol. The molecule has 1 aliphatic heterocycles. The topological polar surface area (TPSA) is 38.3 Å². The van der Waals surface area contributed by atoms with Gasteiger partial charge in [-0.1, -0.05) is 6.07 Å². The van der Waals surface area contributed by atoms with Gasteiger partial charge in [0, 0.05) is 6.61 Å². The molecule has 0 saturated carbocycles. The zero-order valence-corrected chi connectivity index (χ0v) is 10.1. The summed E-state index contributed by atoms with van der Waals surface area (Å²) in [5, 5.41) is 2.64. The summed E-state index contributed by atoms with van der Waals surface area (Å²) in [5.74, 6) is -2.75. The van der Waals surface area contributed by atoms with Crippen LogP contribution in [0.1, 0.15) is 30.1 Å². The molecule has 3 nitrogen and oxygen atoms in total. The van der Waals surface area contributed by atoms with Gasteiger partial charge in [-0.2, -0.15) is 0 Å². The molecule has 1 saturated heterocycles. The van der Waals surface area contributed by atoms with E-state index in [2.05, 4.69) is 5.32 Å². The van der Waals surface area contributed by atoms with Gasteiger partial charge in [-0.15, -0.1) is 0 Å². The lowest BCUT2D eigenvalue weighted by atomic mass is 10.1. The number of carbonyl (C=O) groups excluding carboxylic acids is 1. The van der Waals surface area contributed by atoms with Crippen LogP contribution in [0.5, 0.6) is 0 Å². The van der Waals surface area contributed by atoms with Crippen molar-refractivity contribution >= 4 is 5.91 Å². The number of carbonyl (C=O) groups is 1. The van der Waals surface area contributed by atoms with Crippen LogP contribution in [-0.4, -0.2) is 24.7 Å². The van der Waals surface area contributed by atoms with Gasteiger partial charge in [0.05, 0.1) is 17.7 Å². The lowest BCUT2D eigenvalue weighted by Gasteiger charge is -2.20. The van der Waals surface area contributed by atoms with Crippen LogP contribution in [0.25, 0.3) is 0 Å². The smallest absolute Gasteiger partial charge is 0.254 e. The fourth-order valence-electron chi connectivity index (χ4n) is 2.05. The summed E-state index contributed by atoms with van der Waals surface area (Å²) >= 11 is 0. The van der Waals surface area contributed by atoms with E-state index < -0.39 is 17.5 Å². The summed E-state index contributed by atoms with van der Waals surface area (Å²) in [7, 11) is 0. The van der Waals surface area contributed by atoms with Crippen LogP contribution < -0.4 is 5.32 Å². The van der Waals surface area contributed by atoms with E-state index in [1.165, 1.54) is 12.1 Å². The van der Waals surface area contributed by atoms with Crippen molar-refractivity contribution in [3.63, 3.8) is 0 Å². The Hall–Kier alpha value is -1.49. The lowest BCUT2D eigenvalue weighted by Crippen LogP contribution is -2.41. The van der Waals surface area contributed by atoms with Crippen LogP contribution in [0, 0.1) is 11.6 Å². The maximum atomic E-state index is 13.4. The second-order valence-corrected chi connectivity index (χ2v) is 4.41. The first-order chi connectivity index (χ1) is 8.59. The molecule has 5 heteroatoms. The Morgan fingerprint density at radius 1 is 1.50 bits per heavy atom. The Kier molecular flexibility index (Phi) is 3.91. The van der Waals surface area contributed by atoms with Crippen molar-refractivity contribution in [2.24, 2.45) is 0 Å². The fourth-order valence-corrected chi connectivity index (χ4v) is 2.05. The Labute approximate surface area is 104 Å². The number of halogens is 2. The molecule has 1 aliphatic rings. The summed E-state index contributed by atoms with van der Waals surface area (Å²) in [5.41, 5.74) is -0.278. The van der Waals surface area contributed by atoms with E-state index >= 15 is 0 Å². The van der Waals surface area contributed by atoms with Gasteiger partial charge < -0.3 is 10.1 Å². The second-order valence-electron chi connectivity index (χ2n) is 4.41. The lowest BCUT2D eigenvalue weighted by molar-refractivity contribution is 0.0709. The predicted molar refractivity (Wildman–Crippen MR) is 62.3 cm³/mol. The molecule has 1 amide bonds. The molecule has 1 N–H and O–H groups in total. The maximum absolute atomic E-state index is 13.4. The van der Waals surface area contributed by atoms with E-state index in [4.69, 9.17) is 4.74 Å². The van der Waals surface area contributed by atoms with E-state index in [0.717, 1.165) is 18.9 Å². The predicted octanol–water partition coefficient (Wildman–Crippen LogP) is 2.26. The first-order valence-electron chi connectivity index (χ1n) is 5.96. The summed E-state index contributed by atoms with van der Waals surface area (Å²) in [4.78, 5) is 11.8. The van der Waals surface area contributed by atoms with Crippen LogP contribution in [-0.2, 0) is 4.74 Å². The zero-order valence-electron chi connectivity index (χ0n) is 10.1. The number of rotatable bonds is 3. The van der Waals surface area contributed by atoms with Crippen LogP contribution >= 0.6 is 0 Å². The zero-order chi connectivity index (χ0) is 13.1. The average Bonchev–Trinajstić information content (AvgIpc) is 2.86. The molecule has 1 fully saturated rings. The molecule has 0 spiro atoms. The van der Waals surface area contributed by atoms with Crippen LogP contribution in [0.3, 0.4) is 0 Å². The van der Waals surface area contributed by atoms with Gasteiger partial charge in [-0.3, -0.25) is 4.79 Å². The van der Waals surface area contributed by atoms with Crippen molar-refractivity contribution in [3.8, 4) is 0 Å². The van der Waals surface area contributed by atoms with Crippen LogP contribution in [0.15, 0.2) is 18.2 Å². The minimum Gasteiger partial charge on any atom is -0.376 e. The van der Waals surface area contributed by atoms with E-state index in [1.807, 2.05) is 0 Å². The van der Waals surface area contributed by atoms with Crippen molar-refractivity contribution in [1.82, 2.24) is 5.32 Å². The highest BCUT2D eigenvalue weighted by Crippen LogP contribution is 2.16. The summed E-state index contributed by atoms with van der Waals surface area (Å²) < 4.78 is 31.8. The van der Waals surface area contributed by atoms with Crippen molar-refractivity contribution in [2.75, 3.05) is 6.61 Å². The number of benzene rings is 1. The number of hydrogen-bond acceptors (Lipinski definition) is 2. The van der Waals surface area contributed by atoms with Gasteiger partial charge in [-0.25, -0.2) is 8.78 Å². The Morgan fingerprint density at radius 3 is 2.94 bits per heavy atom. The molecule has 2 atom stereocenters. The number of ether oxygens (including phenoxy) is 1. The molecule has 0 radical (unpaired) electrons. The molecule has 98 valence electrons. The molecule has 0 bridgehead atoms. The molecular formula is C13H15F2NO2. The van der Waals surface area contributed by atoms with E-state index in [1.54, 1.807) is 6.92 Å². The third-order valence-electron chi connectivity index (χ3n) is 3.08. The second kappa shape index (κ2) is 5.44. The van der Waals surface area contributed by atoms with Gasteiger partial charge >= 0.3 is 0 Å². The van der Waals surface area contributed by atoms with Crippen molar-refractivity contribution in [2.45, 2.75) is 31.9 Å². The summed E-state index contributed by atoms with van der Waals surface area (Å²) in [6.07, 6.45) is 1.78. The van der Waals surface area contributed by atoms with Crippen LogP contribution in [0.2, 0.25) is 0 Å². The molecule has 0 aromatic heterocycles. The Bertz CT molecular complexity index is 445. The number of hydrogen-bond donors (Lipinski definition) is 1. The molecule has 18 heavy (non-hydrogen) atoms. The van der Waals surface area contributed by atoms with Crippen LogP contribution in [0.4, 0.5) is 8.78 Å². The molecule has 1 heterocycles. The summed E-state index contributed by atoms with van der Waals surface area (Å²) in [6, 6.07) is 3.33. The minimum atomic E-state index is -1.12. The van der Waals surface area contributed by atoms with Gasteiger partial charge in [0.25, 0.3) is 5.91 Å². The minimum absolute atomic E-state index is 0.0504. The van der Waals surface area contributed by atoms with E-state index in [9.17, 15) is 13.6 Å². The van der Waals surface area contributed by atoms with Gasteiger partial charge in [0.2, 0.25) is 0 Å². The third-order valence-corrected chi connectivity index (χ3v) is 3.08. The van der Waals surface area contributed by atoms with Crippen molar-refractivity contribution in [1.29, 1.82) is 0 Å². The highest BCUT2D eigenvalue weighted by molar-refractivity contribution is 5.94. The van der Waals surface area contributed by atoms with Gasteiger partial charge in [0.1, 0.15) is 0 Å². The number of amides is 1. The number of nitrogens with one attached hydrogen (secondary N) is 1. The Morgan fingerprint density at radius 2 is 2.28 bits per heavy atom. The fraction of sp³-hybridized carbons (Fsp3) is 0.462. The molecule has 1 aromatic carbocycles. The largest absolute Gasteiger partial charge is 0.376 e. The van der Waals surface area contributed by atoms with Crippen molar-refractivity contribution in [3.05, 3.63) is 35.4 Å². The molecular weight excluding hydrogens is 240 g/mol. The van der Waals surface area contributed by atoms with Crippen molar-refractivity contribution < 1.29 is 18.3 Å². The maximum Gasteiger partial charge on any atom is 0.254 e. The highest BCUT2D eigenvalue weighted by atomic mass is 19.2. The molecule has 1 aromatic rings. The standard InChI is InChI=1S/C13H15F2NO2/c1-8(11-6-3-7-18-11)16-13(17)9-4-2-5-10(14)12(9)15/h2,4-5,8,11H,3,6-7H2,1H3,(H,16,17). The van der Waals surface area contributed by atoms with Gasteiger partial charge in [-0.05, 0) is 31.9 Å². The quantitative estimate of drug-likeness (QED) is 0.899.